The fourth-order valence-electron chi connectivity index (χ4n) is 2.98. The van der Waals surface area contributed by atoms with Crippen LogP contribution in [0.4, 0.5) is 0 Å². The Labute approximate surface area is 140 Å². The third-order valence-electron chi connectivity index (χ3n) is 4.49. The van der Waals surface area contributed by atoms with Crippen LogP contribution in [0.5, 0.6) is 0 Å². The highest BCUT2D eigenvalue weighted by Crippen LogP contribution is 2.32. The van der Waals surface area contributed by atoms with Crippen LogP contribution in [0.25, 0.3) is 0 Å². The molecule has 0 saturated carbocycles. The fraction of sp³-hybridized carbons (Fsp3) is 0.643. The molecule has 9 heteroatoms. The molecular weight excluding hydrogens is 334 g/mol. The Bertz CT molecular complexity index is 788. The topological polar surface area (TPSA) is 81.0 Å². The van der Waals surface area contributed by atoms with E-state index < -0.39 is 9.84 Å². The van der Waals surface area contributed by atoms with Gasteiger partial charge in [0.05, 0.1) is 11.4 Å². The number of aromatic nitrogens is 4. The van der Waals surface area contributed by atoms with Crippen LogP contribution in [-0.2, 0) is 23.4 Å². The summed E-state index contributed by atoms with van der Waals surface area (Å²) in [4.78, 5) is 6.71. The molecule has 0 spiro atoms. The smallest absolute Gasteiger partial charge is 0.188 e. The maximum atomic E-state index is 11.8. The highest BCUT2D eigenvalue weighted by atomic mass is 32.2. The molecule has 2 aromatic rings. The highest BCUT2D eigenvalue weighted by Gasteiger charge is 2.29. The predicted molar refractivity (Wildman–Crippen MR) is 88.2 cm³/mol. The van der Waals surface area contributed by atoms with Gasteiger partial charge < -0.3 is 4.57 Å². The number of likely N-dealkylation sites (tertiary alicyclic amines) is 1. The Morgan fingerprint density at radius 1 is 1.35 bits per heavy atom. The van der Waals surface area contributed by atoms with Crippen molar-refractivity contribution in [1.82, 2.24) is 24.0 Å². The standard InChI is InChI=1S/C14H21N5O2S2/c1-10-15-8-12(18(10)2)9-19-6-4-11(5-7-19)13-14(22-17-16-13)23(3,20)21/h8,11H,4-7,9H2,1-3H3. The largest absolute Gasteiger partial charge is 0.334 e. The number of imidazole rings is 1. The molecule has 1 saturated heterocycles. The minimum absolute atomic E-state index is 0.183. The van der Waals surface area contributed by atoms with Crippen LogP contribution in [0.15, 0.2) is 10.4 Å². The summed E-state index contributed by atoms with van der Waals surface area (Å²) in [5.74, 6) is 1.20. The molecule has 1 aliphatic heterocycles. The maximum absolute atomic E-state index is 11.8. The molecule has 126 valence electrons. The lowest BCUT2D eigenvalue weighted by Gasteiger charge is -2.31. The van der Waals surface area contributed by atoms with E-state index in [0.29, 0.717) is 9.90 Å². The van der Waals surface area contributed by atoms with Crippen LogP contribution in [0.3, 0.4) is 0 Å². The molecule has 7 nitrogen and oxygen atoms in total. The van der Waals surface area contributed by atoms with E-state index in [-0.39, 0.29) is 5.92 Å². The molecule has 1 fully saturated rings. The van der Waals surface area contributed by atoms with E-state index in [2.05, 4.69) is 24.0 Å². The number of nitrogens with zero attached hydrogens (tertiary/aromatic N) is 5. The number of sulfone groups is 1. The summed E-state index contributed by atoms with van der Waals surface area (Å²) in [6.45, 7) is 4.72. The van der Waals surface area contributed by atoms with Crippen molar-refractivity contribution in [1.29, 1.82) is 0 Å². The minimum atomic E-state index is -3.24. The van der Waals surface area contributed by atoms with E-state index in [1.165, 1.54) is 11.9 Å². The van der Waals surface area contributed by atoms with Gasteiger partial charge in [-0.1, -0.05) is 4.49 Å². The van der Waals surface area contributed by atoms with Crippen molar-refractivity contribution in [3.8, 4) is 0 Å². The molecule has 0 aliphatic carbocycles. The first-order valence-electron chi connectivity index (χ1n) is 7.58. The van der Waals surface area contributed by atoms with E-state index >= 15 is 0 Å². The maximum Gasteiger partial charge on any atom is 0.188 e. The second-order valence-electron chi connectivity index (χ2n) is 6.12. The van der Waals surface area contributed by atoms with Crippen LogP contribution in [0.2, 0.25) is 0 Å². The zero-order valence-electron chi connectivity index (χ0n) is 13.6. The van der Waals surface area contributed by atoms with Crippen molar-refractivity contribution in [2.45, 2.75) is 36.4 Å². The lowest BCUT2D eigenvalue weighted by molar-refractivity contribution is 0.198. The summed E-state index contributed by atoms with van der Waals surface area (Å²) in [6.07, 6.45) is 4.97. The summed E-state index contributed by atoms with van der Waals surface area (Å²) in [6, 6.07) is 0. The van der Waals surface area contributed by atoms with Crippen molar-refractivity contribution < 1.29 is 8.42 Å². The van der Waals surface area contributed by atoms with Crippen molar-refractivity contribution in [3.63, 3.8) is 0 Å². The van der Waals surface area contributed by atoms with Gasteiger partial charge in [0.25, 0.3) is 0 Å². The molecule has 0 bridgehead atoms. The van der Waals surface area contributed by atoms with Gasteiger partial charge in [-0.25, -0.2) is 13.4 Å². The van der Waals surface area contributed by atoms with Gasteiger partial charge in [0.1, 0.15) is 5.82 Å². The first kappa shape index (κ1) is 16.5. The molecule has 0 unspecified atom stereocenters. The Morgan fingerprint density at radius 2 is 2.04 bits per heavy atom. The second kappa shape index (κ2) is 6.29. The fourth-order valence-corrected chi connectivity index (χ4v) is 4.72. The van der Waals surface area contributed by atoms with E-state index in [9.17, 15) is 8.42 Å². The second-order valence-corrected chi connectivity index (χ2v) is 9.09. The van der Waals surface area contributed by atoms with Crippen LogP contribution in [0, 0.1) is 6.92 Å². The molecule has 3 rings (SSSR count). The predicted octanol–water partition coefficient (Wildman–Crippen LogP) is 1.36. The van der Waals surface area contributed by atoms with E-state index in [0.717, 1.165) is 49.8 Å². The van der Waals surface area contributed by atoms with Crippen LogP contribution >= 0.6 is 11.5 Å². The Hall–Kier alpha value is -1.32. The van der Waals surface area contributed by atoms with Crippen LogP contribution < -0.4 is 0 Å². The first-order valence-corrected chi connectivity index (χ1v) is 10.2. The molecule has 0 atom stereocenters. The summed E-state index contributed by atoms with van der Waals surface area (Å²) < 4.78 is 29.9. The summed E-state index contributed by atoms with van der Waals surface area (Å²) in [5, 5.41) is 4.09. The van der Waals surface area contributed by atoms with Crippen LogP contribution in [-0.4, -0.2) is 51.8 Å². The molecule has 23 heavy (non-hydrogen) atoms. The first-order chi connectivity index (χ1) is 10.9. The number of hydrogen-bond acceptors (Lipinski definition) is 7. The lowest BCUT2D eigenvalue weighted by Crippen LogP contribution is -2.33. The van der Waals surface area contributed by atoms with Gasteiger partial charge in [0.15, 0.2) is 14.0 Å². The third-order valence-corrected chi connectivity index (χ3v) is 7.05. The Balaban J connectivity index is 1.65. The molecular formula is C14H21N5O2S2. The zero-order valence-corrected chi connectivity index (χ0v) is 15.2. The van der Waals surface area contributed by atoms with Gasteiger partial charge in [-0.15, -0.1) is 5.10 Å². The number of hydrogen-bond donors (Lipinski definition) is 0. The Morgan fingerprint density at radius 3 is 2.61 bits per heavy atom. The van der Waals surface area contributed by atoms with E-state index in [4.69, 9.17) is 0 Å². The summed E-state index contributed by atoms with van der Waals surface area (Å²) in [7, 11) is -1.20. The van der Waals surface area contributed by atoms with Gasteiger partial charge in [0, 0.05) is 43.5 Å². The molecule has 3 heterocycles. The highest BCUT2D eigenvalue weighted by molar-refractivity contribution is 7.92. The normalized spacial score (nSPS) is 17.7. The lowest BCUT2D eigenvalue weighted by atomic mass is 9.94. The average molecular weight is 355 g/mol. The van der Waals surface area contributed by atoms with Gasteiger partial charge in [0.2, 0.25) is 0 Å². The number of rotatable bonds is 4. The molecule has 1 aliphatic rings. The van der Waals surface area contributed by atoms with Crippen molar-refractivity contribution in [3.05, 3.63) is 23.4 Å². The average Bonchev–Trinajstić information content (AvgIpc) is 3.10. The zero-order chi connectivity index (χ0) is 16.6. The van der Waals surface area contributed by atoms with Crippen molar-refractivity contribution in [2.75, 3.05) is 19.3 Å². The molecule has 2 aromatic heterocycles. The molecule has 0 aromatic carbocycles. The van der Waals surface area contributed by atoms with Gasteiger partial charge >= 0.3 is 0 Å². The molecule has 0 N–H and O–H groups in total. The third kappa shape index (κ3) is 3.46. The summed E-state index contributed by atoms with van der Waals surface area (Å²) in [5.41, 5.74) is 1.86. The number of aryl methyl sites for hydroxylation is 1. The quantitative estimate of drug-likeness (QED) is 0.824. The van der Waals surface area contributed by atoms with Crippen LogP contribution in [0.1, 0.15) is 36.0 Å². The molecule has 0 amide bonds. The summed E-state index contributed by atoms with van der Waals surface area (Å²) >= 11 is 0.984. The van der Waals surface area contributed by atoms with Gasteiger partial charge in [-0.2, -0.15) is 0 Å². The van der Waals surface area contributed by atoms with E-state index in [1.807, 2.05) is 20.2 Å². The number of piperidine rings is 1. The van der Waals surface area contributed by atoms with Crippen molar-refractivity contribution in [2.24, 2.45) is 7.05 Å². The molecule has 0 radical (unpaired) electrons. The van der Waals surface area contributed by atoms with Gasteiger partial charge in [-0.3, -0.25) is 4.90 Å². The SMILES string of the molecule is Cc1ncc(CN2CCC(c3nnsc3S(C)(=O)=O)CC2)n1C. The van der Waals surface area contributed by atoms with E-state index in [1.54, 1.807) is 0 Å². The van der Waals surface area contributed by atoms with Gasteiger partial charge in [-0.05, 0) is 32.9 Å². The van der Waals surface area contributed by atoms with Crippen molar-refractivity contribution >= 4 is 21.4 Å². The Kier molecular flexibility index (Phi) is 4.52. The minimum Gasteiger partial charge on any atom is -0.334 e. The monoisotopic (exact) mass is 355 g/mol.